The Labute approximate surface area is 171 Å². The van der Waals surface area contributed by atoms with E-state index in [4.69, 9.17) is 0 Å². The van der Waals surface area contributed by atoms with Crippen molar-refractivity contribution in [1.82, 2.24) is 29.3 Å². The number of hydrogen-bond acceptors (Lipinski definition) is 7. The summed E-state index contributed by atoms with van der Waals surface area (Å²) in [6.07, 6.45) is 6.62. The van der Waals surface area contributed by atoms with Gasteiger partial charge in [0, 0.05) is 56.3 Å². The van der Waals surface area contributed by atoms with Gasteiger partial charge < -0.3 is 4.90 Å². The van der Waals surface area contributed by atoms with Crippen LogP contribution in [0.2, 0.25) is 0 Å². The summed E-state index contributed by atoms with van der Waals surface area (Å²) in [5, 5.41) is 5.05. The molecule has 5 rings (SSSR count). The predicted molar refractivity (Wildman–Crippen MR) is 112 cm³/mol. The Morgan fingerprint density at radius 1 is 1.03 bits per heavy atom. The summed E-state index contributed by atoms with van der Waals surface area (Å²) < 4.78 is 3.06. The molecule has 0 N–H and O–H groups in total. The number of pyridine rings is 2. The third kappa shape index (κ3) is 3.14. The zero-order valence-electron chi connectivity index (χ0n) is 16.3. The Balaban J connectivity index is 1.35. The summed E-state index contributed by atoms with van der Waals surface area (Å²) in [5.74, 6) is 0.849. The van der Waals surface area contributed by atoms with E-state index in [1.807, 2.05) is 17.0 Å². The van der Waals surface area contributed by atoms with Gasteiger partial charge in [0.25, 0.3) is 11.1 Å². The van der Waals surface area contributed by atoms with Crippen LogP contribution in [0.3, 0.4) is 0 Å². The van der Waals surface area contributed by atoms with Crippen LogP contribution in [0.15, 0.2) is 64.7 Å². The Kier molecular flexibility index (Phi) is 4.35. The van der Waals surface area contributed by atoms with E-state index in [2.05, 4.69) is 20.1 Å². The lowest BCUT2D eigenvalue weighted by Gasteiger charge is -2.40. The predicted octanol–water partition coefficient (Wildman–Crippen LogP) is 1.08. The van der Waals surface area contributed by atoms with Gasteiger partial charge in [0.1, 0.15) is 0 Å². The SMILES string of the molecule is Cn1c(N2CC(Cn3nc(-c4cccnc4)ccc3=O)C2)nc2cnccc2c1=O. The van der Waals surface area contributed by atoms with E-state index in [1.165, 1.54) is 10.7 Å². The van der Waals surface area contributed by atoms with Crippen molar-refractivity contribution >= 4 is 16.9 Å². The molecule has 5 heterocycles. The summed E-state index contributed by atoms with van der Waals surface area (Å²) in [6.45, 7) is 1.89. The molecule has 150 valence electrons. The minimum absolute atomic E-state index is 0.0945. The van der Waals surface area contributed by atoms with Crippen LogP contribution in [-0.4, -0.2) is 42.4 Å². The van der Waals surface area contributed by atoms with Crippen molar-refractivity contribution in [2.24, 2.45) is 13.0 Å². The molecule has 0 spiro atoms. The zero-order valence-corrected chi connectivity index (χ0v) is 16.3. The number of aromatic nitrogens is 6. The fraction of sp³-hybridized carbons (Fsp3) is 0.238. The summed E-state index contributed by atoms with van der Waals surface area (Å²) in [5.41, 5.74) is 1.93. The maximum Gasteiger partial charge on any atom is 0.266 e. The fourth-order valence-electron chi connectivity index (χ4n) is 3.73. The lowest BCUT2D eigenvalue weighted by atomic mass is 10.0. The van der Waals surface area contributed by atoms with Gasteiger partial charge in [-0.25, -0.2) is 9.67 Å². The molecule has 9 nitrogen and oxygen atoms in total. The summed E-state index contributed by atoms with van der Waals surface area (Å²) >= 11 is 0. The molecule has 30 heavy (non-hydrogen) atoms. The molecule has 0 aliphatic carbocycles. The summed E-state index contributed by atoms with van der Waals surface area (Å²) in [7, 11) is 1.72. The van der Waals surface area contributed by atoms with Crippen LogP contribution < -0.4 is 16.0 Å². The molecule has 4 aromatic heterocycles. The molecule has 4 aromatic rings. The van der Waals surface area contributed by atoms with Gasteiger partial charge in [0.15, 0.2) is 0 Å². The van der Waals surface area contributed by atoms with Gasteiger partial charge >= 0.3 is 0 Å². The van der Waals surface area contributed by atoms with Crippen LogP contribution in [0.4, 0.5) is 5.95 Å². The molecular weight excluding hydrogens is 382 g/mol. The van der Waals surface area contributed by atoms with E-state index < -0.39 is 0 Å². The fourth-order valence-corrected chi connectivity index (χ4v) is 3.73. The molecule has 1 fully saturated rings. The Morgan fingerprint density at radius 2 is 1.87 bits per heavy atom. The van der Waals surface area contributed by atoms with Gasteiger partial charge in [0.05, 0.1) is 29.3 Å². The van der Waals surface area contributed by atoms with Crippen molar-refractivity contribution in [2.45, 2.75) is 6.54 Å². The molecule has 0 unspecified atom stereocenters. The lowest BCUT2D eigenvalue weighted by molar-refractivity contribution is 0.329. The second-order valence-electron chi connectivity index (χ2n) is 7.42. The zero-order chi connectivity index (χ0) is 20.7. The first kappa shape index (κ1) is 18.2. The van der Waals surface area contributed by atoms with E-state index >= 15 is 0 Å². The van der Waals surface area contributed by atoms with Crippen LogP contribution in [0, 0.1) is 5.92 Å². The molecule has 1 aliphatic rings. The van der Waals surface area contributed by atoms with Gasteiger partial charge in [-0.15, -0.1) is 0 Å². The third-order valence-electron chi connectivity index (χ3n) is 5.35. The maximum atomic E-state index is 12.6. The number of fused-ring (bicyclic) bond motifs is 1. The smallest absolute Gasteiger partial charge is 0.266 e. The van der Waals surface area contributed by atoms with Crippen molar-refractivity contribution in [2.75, 3.05) is 18.0 Å². The molecule has 1 saturated heterocycles. The Morgan fingerprint density at radius 3 is 2.67 bits per heavy atom. The van der Waals surface area contributed by atoms with Crippen molar-refractivity contribution in [1.29, 1.82) is 0 Å². The van der Waals surface area contributed by atoms with Crippen LogP contribution >= 0.6 is 0 Å². The monoisotopic (exact) mass is 401 g/mol. The molecule has 0 radical (unpaired) electrons. The highest BCUT2D eigenvalue weighted by Crippen LogP contribution is 2.24. The van der Waals surface area contributed by atoms with Crippen LogP contribution in [0.25, 0.3) is 22.2 Å². The highest BCUT2D eigenvalue weighted by atomic mass is 16.1. The van der Waals surface area contributed by atoms with Gasteiger partial charge in [-0.1, -0.05) is 0 Å². The number of rotatable bonds is 4. The van der Waals surface area contributed by atoms with Crippen molar-refractivity contribution in [3.63, 3.8) is 0 Å². The van der Waals surface area contributed by atoms with Gasteiger partial charge in [-0.05, 0) is 24.3 Å². The van der Waals surface area contributed by atoms with Gasteiger partial charge in [0.2, 0.25) is 5.95 Å². The van der Waals surface area contributed by atoms with E-state index in [1.54, 1.807) is 48.5 Å². The quantitative estimate of drug-likeness (QED) is 0.505. The second kappa shape index (κ2) is 7.18. The molecule has 1 aliphatic heterocycles. The van der Waals surface area contributed by atoms with E-state index in [0.29, 0.717) is 42.2 Å². The van der Waals surface area contributed by atoms with Crippen molar-refractivity contribution in [3.8, 4) is 11.3 Å². The van der Waals surface area contributed by atoms with Crippen LogP contribution in [0.1, 0.15) is 0 Å². The number of anilines is 1. The standard InChI is InChI=1S/C21H19N7O2/c1-26-20(30)16-6-8-23-10-18(16)24-21(26)27-11-14(12-27)13-28-19(29)5-4-17(25-28)15-3-2-7-22-9-15/h2-10,14H,11-13H2,1H3. The third-order valence-corrected chi connectivity index (χ3v) is 5.35. The molecular formula is C21H19N7O2. The molecule has 0 amide bonds. The largest absolute Gasteiger partial charge is 0.341 e. The first-order chi connectivity index (χ1) is 14.6. The van der Waals surface area contributed by atoms with Crippen molar-refractivity contribution < 1.29 is 0 Å². The van der Waals surface area contributed by atoms with E-state index in [9.17, 15) is 9.59 Å². The topological polar surface area (TPSA) is 98.8 Å². The lowest BCUT2D eigenvalue weighted by Crippen LogP contribution is -2.51. The van der Waals surface area contributed by atoms with Crippen LogP contribution in [0.5, 0.6) is 0 Å². The average molecular weight is 401 g/mol. The maximum absolute atomic E-state index is 12.6. The average Bonchev–Trinajstić information content (AvgIpc) is 2.75. The molecule has 0 saturated carbocycles. The molecule has 0 bridgehead atoms. The molecule has 9 heteroatoms. The summed E-state index contributed by atoms with van der Waals surface area (Å²) in [6, 6.07) is 8.68. The van der Waals surface area contributed by atoms with E-state index in [0.717, 1.165) is 5.56 Å². The molecule has 0 atom stereocenters. The normalized spacial score (nSPS) is 14.1. The Hall–Kier alpha value is -3.88. The molecule has 0 aromatic carbocycles. The van der Waals surface area contributed by atoms with Gasteiger partial charge in [-0.2, -0.15) is 5.10 Å². The summed E-state index contributed by atoms with van der Waals surface area (Å²) in [4.78, 5) is 39.7. The first-order valence-electron chi connectivity index (χ1n) is 9.64. The highest BCUT2D eigenvalue weighted by molar-refractivity contribution is 5.77. The Bertz CT molecular complexity index is 1340. The highest BCUT2D eigenvalue weighted by Gasteiger charge is 2.30. The second-order valence-corrected chi connectivity index (χ2v) is 7.42. The first-order valence-corrected chi connectivity index (χ1v) is 9.64. The van der Waals surface area contributed by atoms with Crippen molar-refractivity contribution in [3.05, 3.63) is 75.8 Å². The minimum atomic E-state index is -0.136. The number of hydrogen-bond donors (Lipinski definition) is 0. The van der Waals surface area contributed by atoms with Gasteiger partial charge in [-0.3, -0.25) is 24.1 Å². The minimum Gasteiger partial charge on any atom is -0.341 e. The number of nitrogens with zero attached hydrogens (tertiary/aromatic N) is 7. The van der Waals surface area contributed by atoms with Crippen LogP contribution in [-0.2, 0) is 13.6 Å². The van der Waals surface area contributed by atoms with E-state index in [-0.39, 0.29) is 17.0 Å².